The molecule has 1 unspecified atom stereocenters. The van der Waals surface area contributed by atoms with Crippen LogP contribution in [0.5, 0.6) is 0 Å². The highest BCUT2D eigenvalue weighted by atomic mass is 32.2. The second-order valence-electron chi connectivity index (χ2n) is 8.01. The van der Waals surface area contributed by atoms with Crippen LogP contribution in [0, 0.1) is 0 Å². The number of amidine groups is 1. The molecule has 0 bridgehead atoms. The summed E-state index contributed by atoms with van der Waals surface area (Å²) in [5, 5.41) is 12.7. The van der Waals surface area contributed by atoms with Gasteiger partial charge in [-0.05, 0) is 41.8 Å². The first-order valence-electron chi connectivity index (χ1n) is 11.2. The molecule has 192 valence electrons. The molecule has 2 atom stereocenters. The highest BCUT2D eigenvalue weighted by Crippen LogP contribution is 2.34. The zero-order chi connectivity index (χ0) is 26.2. The van der Waals surface area contributed by atoms with Crippen LogP contribution in [0.2, 0.25) is 0 Å². The van der Waals surface area contributed by atoms with Gasteiger partial charge in [0.15, 0.2) is 5.84 Å². The fourth-order valence-corrected chi connectivity index (χ4v) is 5.25. The molecular formula is C24H25N7O4S2. The van der Waals surface area contributed by atoms with E-state index in [4.69, 9.17) is 5.73 Å². The fraction of sp³-hybridized carbons (Fsp3) is 0.167. The van der Waals surface area contributed by atoms with Crippen LogP contribution >= 0.6 is 11.3 Å². The van der Waals surface area contributed by atoms with E-state index in [1.807, 2.05) is 67.0 Å². The number of anilines is 1. The zero-order valence-corrected chi connectivity index (χ0v) is 21.4. The lowest BCUT2D eigenvalue weighted by molar-refractivity contribution is -0.120. The summed E-state index contributed by atoms with van der Waals surface area (Å²) in [5.41, 5.74) is 11.1. The number of nitrogens with one attached hydrogen (secondary N) is 1. The molecule has 0 spiro atoms. The predicted molar refractivity (Wildman–Crippen MR) is 143 cm³/mol. The first-order chi connectivity index (χ1) is 17.9. The Labute approximate surface area is 219 Å². The van der Waals surface area contributed by atoms with Crippen molar-refractivity contribution in [2.75, 3.05) is 4.31 Å². The van der Waals surface area contributed by atoms with Crippen molar-refractivity contribution in [3.05, 3.63) is 89.7 Å². The Balaban J connectivity index is 1.40. The molecule has 0 aliphatic carbocycles. The molecule has 13 heteroatoms. The monoisotopic (exact) mass is 539 g/mol. The van der Waals surface area contributed by atoms with Gasteiger partial charge in [0.2, 0.25) is 6.41 Å². The molecule has 4 rings (SSSR count). The smallest absolute Gasteiger partial charge is 0.262 e. The minimum Gasteiger partial charge on any atom is -0.380 e. The standard InChI is InChI=1S/C24H25N7O4S2/c1-17(13-18-7-9-20(10-8-18)24(25)28-35-26-16-32)30-14-21(27-29-30)15-31(37(33)34)23-12-11-22(36-23)19-5-3-2-4-6-19/h2-12,14,16-17H,13,15H2,1H3,(H2,25,28)(H,26,32)(H,33,34)/t17-/m0/s1. The number of carbonyl (C=O) groups excluding carboxylic acids is 1. The summed E-state index contributed by atoms with van der Waals surface area (Å²) in [5.74, 6) is 0.127. The lowest BCUT2D eigenvalue weighted by Gasteiger charge is -2.16. The molecule has 0 fully saturated rings. The molecule has 0 aliphatic rings. The van der Waals surface area contributed by atoms with Crippen LogP contribution in [-0.2, 0) is 34.0 Å². The molecule has 2 heterocycles. The van der Waals surface area contributed by atoms with Crippen LogP contribution in [0.3, 0.4) is 0 Å². The van der Waals surface area contributed by atoms with E-state index in [1.165, 1.54) is 15.6 Å². The Bertz CT molecular complexity index is 1370. The van der Waals surface area contributed by atoms with Crippen molar-refractivity contribution < 1.29 is 18.5 Å². The van der Waals surface area contributed by atoms with E-state index in [-0.39, 0.29) is 18.4 Å². The average Bonchev–Trinajstić information content (AvgIpc) is 3.58. The Morgan fingerprint density at radius 3 is 2.70 bits per heavy atom. The van der Waals surface area contributed by atoms with Gasteiger partial charge >= 0.3 is 0 Å². The molecule has 4 aromatic rings. The number of benzene rings is 2. The quantitative estimate of drug-likeness (QED) is 0.0625. The van der Waals surface area contributed by atoms with Crippen LogP contribution < -0.4 is 15.5 Å². The first kappa shape index (κ1) is 26.0. The molecule has 1 amide bonds. The molecule has 4 N–H and O–H groups in total. The number of hydrogen-bond donors (Lipinski definition) is 3. The topological polar surface area (TPSA) is 148 Å². The summed E-state index contributed by atoms with van der Waals surface area (Å²) in [7, 11) is 0. The summed E-state index contributed by atoms with van der Waals surface area (Å²) in [6, 6.07) is 21.1. The molecule has 0 radical (unpaired) electrons. The van der Waals surface area contributed by atoms with Crippen molar-refractivity contribution in [3.63, 3.8) is 0 Å². The third-order valence-electron chi connectivity index (χ3n) is 5.43. The Morgan fingerprint density at radius 1 is 1.24 bits per heavy atom. The van der Waals surface area contributed by atoms with Gasteiger partial charge in [-0.3, -0.25) is 18.6 Å². The second-order valence-corrected chi connectivity index (χ2v) is 9.98. The Hall–Kier alpha value is -4.07. The normalized spacial score (nSPS) is 13.1. The van der Waals surface area contributed by atoms with Gasteiger partial charge < -0.3 is 5.73 Å². The van der Waals surface area contributed by atoms with E-state index in [9.17, 15) is 13.6 Å². The highest BCUT2D eigenvalue weighted by Gasteiger charge is 2.19. The summed E-state index contributed by atoms with van der Waals surface area (Å²) in [4.78, 5) is 15.7. The van der Waals surface area contributed by atoms with Crippen molar-refractivity contribution >= 4 is 39.9 Å². The van der Waals surface area contributed by atoms with Gasteiger partial charge in [0.05, 0.1) is 18.8 Å². The first-order valence-corrected chi connectivity index (χ1v) is 13.0. The number of aromatic nitrogens is 3. The third kappa shape index (κ3) is 6.78. The van der Waals surface area contributed by atoms with E-state index >= 15 is 0 Å². The largest absolute Gasteiger partial charge is 0.380 e. The number of nitrogens with zero attached hydrogens (tertiary/aromatic N) is 5. The minimum absolute atomic E-state index is 0.0160. The maximum absolute atomic E-state index is 12.1. The maximum atomic E-state index is 12.1. The van der Waals surface area contributed by atoms with Gasteiger partial charge in [0, 0.05) is 10.4 Å². The van der Waals surface area contributed by atoms with Gasteiger partial charge in [-0.15, -0.1) is 16.4 Å². The predicted octanol–water partition coefficient (Wildman–Crippen LogP) is 3.25. The summed E-state index contributed by atoms with van der Waals surface area (Å²) in [6.45, 7) is 2.15. The van der Waals surface area contributed by atoms with Gasteiger partial charge in [-0.2, -0.15) is 5.48 Å². The molecule has 11 nitrogen and oxygen atoms in total. The SMILES string of the molecule is C[C@@H](Cc1ccc(C(N)=NONC=O)cc1)n1cc(CN(c2ccc(-c3ccccc3)s2)S(=O)O)nn1. The molecule has 37 heavy (non-hydrogen) atoms. The number of nitrogens with two attached hydrogens (primary N) is 1. The van der Waals surface area contributed by atoms with E-state index in [0.717, 1.165) is 16.0 Å². The number of thiophene rings is 1. The van der Waals surface area contributed by atoms with Gasteiger partial charge in [0.1, 0.15) is 10.7 Å². The van der Waals surface area contributed by atoms with Crippen molar-refractivity contribution in [3.8, 4) is 10.4 Å². The number of hydroxylamine groups is 1. The number of rotatable bonds is 12. The second kappa shape index (κ2) is 12.3. The van der Waals surface area contributed by atoms with Crippen LogP contribution in [0.4, 0.5) is 5.00 Å². The van der Waals surface area contributed by atoms with E-state index < -0.39 is 11.3 Å². The van der Waals surface area contributed by atoms with Crippen LogP contribution in [0.15, 0.2) is 78.1 Å². The average molecular weight is 540 g/mol. The van der Waals surface area contributed by atoms with Crippen molar-refractivity contribution in [2.45, 2.75) is 25.9 Å². The summed E-state index contributed by atoms with van der Waals surface area (Å²) in [6.07, 6.45) is 2.80. The third-order valence-corrected chi connectivity index (χ3v) is 7.40. The molecule has 2 aromatic heterocycles. The van der Waals surface area contributed by atoms with E-state index in [0.29, 0.717) is 29.1 Å². The Kier molecular flexibility index (Phi) is 8.61. The Morgan fingerprint density at radius 2 is 2.00 bits per heavy atom. The molecular weight excluding hydrogens is 514 g/mol. The van der Waals surface area contributed by atoms with E-state index in [2.05, 4.69) is 20.4 Å². The van der Waals surface area contributed by atoms with Crippen molar-refractivity contribution in [1.82, 2.24) is 20.5 Å². The molecule has 2 aromatic carbocycles. The lowest BCUT2D eigenvalue weighted by atomic mass is 10.0. The molecule has 0 aliphatic heterocycles. The van der Waals surface area contributed by atoms with Crippen LogP contribution in [0.1, 0.15) is 29.8 Å². The van der Waals surface area contributed by atoms with Gasteiger partial charge in [0.25, 0.3) is 11.3 Å². The van der Waals surface area contributed by atoms with Crippen molar-refractivity contribution in [1.29, 1.82) is 0 Å². The highest BCUT2D eigenvalue weighted by molar-refractivity contribution is 7.81. The minimum atomic E-state index is -2.22. The summed E-state index contributed by atoms with van der Waals surface area (Å²) >= 11 is -0.785. The van der Waals surface area contributed by atoms with Crippen LogP contribution in [0.25, 0.3) is 10.4 Å². The molecule has 0 saturated carbocycles. The van der Waals surface area contributed by atoms with E-state index in [1.54, 1.807) is 23.0 Å². The maximum Gasteiger partial charge on any atom is 0.262 e. The zero-order valence-electron chi connectivity index (χ0n) is 19.8. The van der Waals surface area contributed by atoms with Gasteiger partial charge in [-0.1, -0.05) is 59.8 Å². The fourth-order valence-electron chi connectivity index (χ4n) is 3.57. The van der Waals surface area contributed by atoms with Crippen LogP contribution in [-0.4, -0.2) is 36.0 Å². The number of amides is 1. The lowest BCUT2D eigenvalue weighted by Crippen LogP contribution is -2.23. The number of oxime groups is 1. The number of hydrogen-bond acceptors (Lipinski definition) is 7. The van der Waals surface area contributed by atoms with Gasteiger partial charge in [-0.25, -0.2) is 8.89 Å². The molecule has 0 saturated heterocycles. The number of carbonyl (C=O) groups is 1. The van der Waals surface area contributed by atoms with Crippen molar-refractivity contribution in [2.24, 2.45) is 10.9 Å². The summed E-state index contributed by atoms with van der Waals surface area (Å²) < 4.78 is 25.2.